The monoisotopic (exact) mass is 285 g/mol. The number of carbonyl (C=O) groups is 1. The van der Waals surface area contributed by atoms with Gasteiger partial charge in [-0.25, -0.2) is 0 Å². The molecule has 1 saturated heterocycles. The number of likely N-dealkylation sites (tertiary alicyclic amines) is 1. The summed E-state index contributed by atoms with van der Waals surface area (Å²) in [6, 6.07) is 5.56. The molecule has 1 aromatic rings. The number of carbonyl (C=O) groups excluding carboxylic acids is 1. The van der Waals surface area contributed by atoms with Crippen molar-refractivity contribution in [2.45, 2.75) is 32.6 Å². The summed E-state index contributed by atoms with van der Waals surface area (Å²) in [6.07, 6.45) is 6.72. The van der Waals surface area contributed by atoms with Crippen LogP contribution in [0.25, 0.3) is 6.08 Å². The van der Waals surface area contributed by atoms with Gasteiger partial charge in [-0.15, -0.1) is 6.58 Å². The lowest BCUT2D eigenvalue weighted by molar-refractivity contribution is -0.120. The molecular weight excluding hydrogens is 262 g/mol. The molecule has 0 radical (unpaired) electrons. The first-order chi connectivity index (χ1) is 10.1. The van der Waals surface area contributed by atoms with Crippen LogP contribution in [0, 0.1) is 0 Å². The average Bonchev–Trinajstić information content (AvgIpc) is 2.46. The van der Waals surface area contributed by atoms with Gasteiger partial charge in [0.25, 0.3) is 0 Å². The van der Waals surface area contributed by atoms with Crippen molar-refractivity contribution in [2.75, 3.05) is 13.1 Å². The molecule has 3 nitrogen and oxygen atoms in total. The zero-order chi connectivity index (χ0) is 15.2. The first-order valence-electron chi connectivity index (χ1n) is 7.54. The minimum absolute atomic E-state index is 0.294. The number of phenolic OH excluding ortho intramolecular Hbond substituents is 1. The van der Waals surface area contributed by atoms with E-state index < -0.39 is 0 Å². The normalized spacial score (nSPS) is 17.3. The van der Waals surface area contributed by atoms with Gasteiger partial charge in [0.05, 0.1) is 0 Å². The van der Waals surface area contributed by atoms with Crippen LogP contribution in [0.2, 0.25) is 0 Å². The number of hydrogen-bond acceptors (Lipinski definition) is 3. The topological polar surface area (TPSA) is 40.5 Å². The van der Waals surface area contributed by atoms with E-state index in [2.05, 4.69) is 24.5 Å². The molecule has 1 fully saturated rings. The van der Waals surface area contributed by atoms with Gasteiger partial charge in [-0.3, -0.25) is 4.79 Å². The van der Waals surface area contributed by atoms with E-state index in [1.807, 2.05) is 12.1 Å². The van der Waals surface area contributed by atoms with Crippen LogP contribution in [0.4, 0.5) is 0 Å². The van der Waals surface area contributed by atoms with Crippen molar-refractivity contribution in [3.63, 3.8) is 0 Å². The van der Waals surface area contributed by atoms with E-state index in [-0.39, 0.29) is 0 Å². The number of nitrogens with zero attached hydrogens (tertiary/aromatic N) is 1. The Morgan fingerprint density at radius 2 is 2.24 bits per heavy atom. The largest absolute Gasteiger partial charge is 0.508 e. The van der Waals surface area contributed by atoms with Crippen LogP contribution in [-0.4, -0.2) is 28.9 Å². The van der Waals surface area contributed by atoms with Crippen LogP contribution < -0.4 is 0 Å². The Hall–Kier alpha value is -2.03. The summed E-state index contributed by atoms with van der Waals surface area (Å²) >= 11 is 0. The van der Waals surface area contributed by atoms with E-state index in [4.69, 9.17) is 0 Å². The molecule has 0 spiro atoms. The van der Waals surface area contributed by atoms with Crippen LogP contribution in [0.3, 0.4) is 0 Å². The quantitative estimate of drug-likeness (QED) is 0.841. The molecule has 0 unspecified atom stereocenters. The van der Waals surface area contributed by atoms with Crippen molar-refractivity contribution < 1.29 is 9.90 Å². The maximum absolute atomic E-state index is 11.7. The summed E-state index contributed by atoms with van der Waals surface area (Å²) in [5.74, 6) is 0.598. The summed E-state index contributed by atoms with van der Waals surface area (Å²) in [6.45, 7) is 7.66. The highest BCUT2D eigenvalue weighted by molar-refractivity contribution is 5.83. The molecule has 0 atom stereocenters. The Balaban J connectivity index is 2.28. The Bertz CT molecular complexity index is 560. The van der Waals surface area contributed by atoms with Gasteiger partial charge >= 0.3 is 0 Å². The second-order valence-corrected chi connectivity index (χ2v) is 5.47. The number of allylic oxidation sites excluding steroid dienone is 2. The number of aromatic hydroxyl groups is 1. The molecule has 1 aliphatic heterocycles. The van der Waals surface area contributed by atoms with Crippen LogP contribution in [0.15, 0.2) is 36.6 Å². The van der Waals surface area contributed by atoms with Crippen molar-refractivity contribution in [1.29, 1.82) is 0 Å². The van der Waals surface area contributed by atoms with Crippen molar-refractivity contribution in [1.82, 2.24) is 4.90 Å². The molecule has 0 amide bonds. The minimum atomic E-state index is 0.294. The van der Waals surface area contributed by atoms with Gasteiger partial charge in [0.2, 0.25) is 0 Å². The number of phenols is 1. The lowest BCUT2D eigenvalue weighted by Crippen LogP contribution is -2.32. The molecule has 0 saturated carbocycles. The van der Waals surface area contributed by atoms with Gasteiger partial charge in [-0.05, 0) is 42.2 Å². The molecule has 21 heavy (non-hydrogen) atoms. The van der Waals surface area contributed by atoms with E-state index in [1.165, 1.54) is 0 Å². The van der Waals surface area contributed by atoms with E-state index >= 15 is 0 Å². The highest BCUT2D eigenvalue weighted by atomic mass is 16.3. The summed E-state index contributed by atoms with van der Waals surface area (Å²) < 4.78 is 0. The fourth-order valence-electron chi connectivity index (χ4n) is 2.68. The molecule has 1 N–H and O–H groups in total. The predicted molar refractivity (Wildman–Crippen MR) is 86.1 cm³/mol. The van der Waals surface area contributed by atoms with Crippen molar-refractivity contribution in [2.24, 2.45) is 0 Å². The summed E-state index contributed by atoms with van der Waals surface area (Å²) in [5.41, 5.74) is 2.97. The fraction of sp³-hybridized carbons (Fsp3) is 0.389. The molecule has 2 rings (SSSR count). The highest BCUT2D eigenvalue weighted by Crippen LogP contribution is 2.24. The number of ketones is 1. The lowest BCUT2D eigenvalue weighted by Gasteiger charge is -2.30. The Morgan fingerprint density at radius 1 is 1.43 bits per heavy atom. The van der Waals surface area contributed by atoms with E-state index in [0.717, 1.165) is 36.3 Å². The molecule has 1 aromatic carbocycles. The molecule has 3 heteroatoms. The first kappa shape index (κ1) is 15.4. The standard InChI is InChI=1S/C18H23NO2/c1-3-5-15-11-14(6-7-18(15)21)12-16-13-17(20)8-10-19(16)9-4-2/h3,6-7,11-12,21H,1,4-5,8-10,13H2,2H3. The molecule has 1 heterocycles. The third-order valence-electron chi connectivity index (χ3n) is 3.74. The molecule has 0 aliphatic carbocycles. The van der Waals surface area contributed by atoms with Gasteiger partial charge < -0.3 is 10.0 Å². The second-order valence-electron chi connectivity index (χ2n) is 5.47. The minimum Gasteiger partial charge on any atom is -0.508 e. The summed E-state index contributed by atoms with van der Waals surface area (Å²) in [5, 5.41) is 9.82. The zero-order valence-corrected chi connectivity index (χ0v) is 12.6. The highest BCUT2D eigenvalue weighted by Gasteiger charge is 2.19. The van der Waals surface area contributed by atoms with Crippen LogP contribution >= 0.6 is 0 Å². The Kier molecular flexibility index (Phi) is 5.20. The van der Waals surface area contributed by atoms with Gasteiger partial charge in [-0.1, -0.05) is 19.1 Å². The van der Waals surface area contributed by atoms with E-state index in [0.29, 0.717) is 30.8 Å². The zero-order valence-electron chi connectivity index (χ0n) is 12.6. The lowest BCUT2D eigenvalue weighted by atomic mass is 10.0. The molecule has 0 aromatic heterocycles. The Morgan fingerprint density at radius 3 is 2.95 bits per heavy atom. The number of piperidine rings is 1. The number of hydrogen-bond donors (Lipinski definition) is 1. The maximum Gasteiger partial charge on any atom is 0.140 e. The van der Waals surface area contributed by atoms with Gasteiger partial charge in [0.15, 0.2) is 0 Å². The van der Waals surface area contributed by atoms with Gasteiger partial charge in [-0.2, -0.15) is 0 Å². The third kappa shape index (κ3) is 3.97. The van der Waals surface area contributed by atoms with E-state index in [1.54, 1.807) is 12.1 Å². The third-order valence-corrected chi connectivity index (χ3v) is 3.74. The number of benzene rings is 1. The van der Waals surface area contributed by atoms with Gasteiger partial charge in [0, 0.05) is 31.6 Å². The van der Waals surface area contributed by atoms with E-state index in [9.17, 15) is 9.90 Å². The number of rotatable bonds is 5. The maximum atomic E-state index is 11.7. The van der Waals surface area contributed by atoms with Crippen molar-refractivity contribution in [3.8, 4) is 5.75 Å². The smallest absolute Gasteiger partial charge is 0.140 e. The number of Topliss-reactive ketones (excluding diaryl/α,β-unsaturated/α-hetero) is 1. The van der Waals surface area contributed by atoms with Crippen molar-refractivity contribution >= 4 is 11.9 Å². The molecular formula is C18H23NO2. The van der Waals surface area contributed by atoms with Gasteiger partial charge in [0.1, 0.15) is 11.5 Å². The molecule has 112 valence electrons. The molecule has 1 aliphatic rings. The fourth-order valence-corrected chi connectivity index (χ4v) is 2.68. The SMILES string of the molecule is C=CCc1cc(C=C2CC(=O)CCN2CCC)ccc1O. The van der Waals surface area contributed by atoms with Crippen LogP contribution in [-0.2, 0) is 11.2 Å². The molecule has 0 bridgehead atoms. The average molecular weight is 285 g/mol. The predicted octanol–water partition coefficient (Wildman–Crippen LogP) is 3.54. The second kappa shape index (κ2) is 7.11. The summed E-state index contributed by atoms with van der Waals surface area (Å²) in [4.78, 5) is 14.0. The summed E-state index contributed by atoms with van der Waals surface area (Å²) in [7, 11) is 0. The van der Waals surface area contributed by atoms with Crippen molar-refractivity contribution in [3.05, 3.63) is 47.7 Å². The van der Waals surface area contributed by atoms with Crippen LogP contribution in [0.5, 0.6) is 5.75 Å². The first-order valence-corrected chi connectivity index (χ1v) is 7.54. The van der Waals surface area contributed by atoms with Crippen LogP contribution in [0.1, 0.15) is 37.3 Å². The Labute approximate surface area is 126 Å².